The number of carbonyl (C=O) groups excluding carboxylic acids is 1. The Bertz CT molecular complexity index is 646. The summed E-state index contributed by atoms with van der Waals surface area (Å²) in [7, 11) is 0. The first-order valence-corrected chi connectivity index (χ1v) is 6.70. The molecule has 0 aliphatic heterocycles. The average molecular weight is 341 g/mol. The number of hydrogen-bond donors (Lipinski definition) is 1. The van der Waals surface area contributed by atoms with Crippen LogP contribution in [0, 0.1) is 13.8 Å². The van der Waals surface area contributed by atoms with Gasteiger partial charge in [-0.3, -0.25) is 9.78 Å². The maximum Gasteiger partial charge on any atom is 0.258 e. The van der Waals surface area contributed by atoms with Crippen molar-refractivity contribution in [2.45, 2.75) is 13.8 Å². The zero-order valence-corrected chi connectivity index (χ0v) is 12.7. The average Bonchev–Trinajstić information content (AvgIpc) is 2.33. The molecule has 2 heterocycles. The molecule has 2 aromatic rings. The monoisotopic (exact) mass is 339 g/mol. The van der Waals surface area contributed by atoms with Gasteiger partial charge in [-0.1, -0.05) is 11.6 Å². The first kappa shape index (κ1) is 14.0. The number of rotatable bonds is 2. The highest BCUT2D eigenvalue weighted by molar-refractivity contribution is 9.10. The Hall–Kier alpha value is -1.46. The number of halogens is 2. The Morgan fingerprint density at radius 1 is 1.26 bits per heavy atom. The third-order valence-corrected chi connectivity index (χ3v) is 3.65. The standard InChI is InChI=1S/C13H11BrClN3O/c1-7-3-9(5-17-12(7)14)18-13(19)10-6-16-8(2)4-11(10)15/h3-6H,1-2H3,(H,18,19). The number of anilines is 1. The molecule has 0 atom stereocenters. The Morgan fingerprint density at radius 2 is 2.00 bits per heavy atom. The van der Waals surface area contributed by atoms with Crippen LogP contribution < -0.4 is 5.32 Å². The van der Waals surface area contributed by atoms with Crippen molar-refractivity contribution in [3.63, 3.8) is 0 Å². The molecule has 98 valence electrons. The van der Waals surface area contributed by atoms with Crippen molar-refractivity contribution in [2.24, 2.45) is 0 Å². The van der Waals surface area contributed by atoms with Gasteiger partial charge in [0.05, 0.1) is 22.5 Å². The zero-order valence-electron chi connectivity index (χ0n) is 10.4. The lowest BCUT2D eigenvalue weighted by molar-refractivity contribution is 0.102. The first-order valence-electron chi connectivity index (χ1n) is 5.53. The molecule has 0 saturated heterocycles. The number of pyridine rings is 2. The molecule has 0 aliphatic carbocycles. The summed E-state index contributed by atoms with van der Waals surface area (Å²) in [5.74, 6) is -0.305. The van der Waals surface area contributed by atoms with Crippen LogP contribution in [-0.2, 0) is 0 Å². The van der Waals surface area contributed by atoms with Crippen LogP contribution >= 0.6 is 27.5 Å². The van der Waals surface area contributed by atoms with E-state index in [1.54, 1.807) is 12.3 Å². The smallest absolute Gasteiger partial charge is 0.258 e. The topological polar surface area (TPSA) is 54.9 Å². The molecule has 6 heteroatoms. The SMILES string of the molecule is Cc1cc(Cl)c(C(=O)Nc2cnc(Br)c(C)c2)cn1. The van der Waals surface area contributed by atoms with E-state index in [9.17, 15) is 4.79 Å². The molecule has 0 fully saturated rings. The van der Waals surface area contributed by atoms with Crippen molar-refractivity contribution in [1.82, 2.24) is 9.97 Å². The molecule has 2 rings (SSSR count). The Balaban J connectivity index is 2.23. The van der Waals surface area contributed by atoms with Crippen LogP contribution in [0.15, 0.2) is 29.1 Å². The van der Waals surface area contributed by atoms with E-state index in [2.05, 4.69) is 31.2 Å². The number of nitrogens with one attached hydrogen (secondary N) is 1. The van der Waals surface area contributed by atoms with Crippen molar-refractivity contribution < 1.29 is 4.79 Å². The van der Waals surface area contributed by atoms with Gasteiger partial charge in [0.2, 0.25) is 0 Å². The van der Waals surface area contributed by atoms with Gasteiger partial charge in [0.15, 0.2) is 0 Å². The summed E-state index contributed by atoms with van der Waals surface area (Å²) < 4.78 is 0.750. The molecule has 1 amide bonds. The molecule has 0 unspecified atom stereocenters. The molecule has 0 aromatic carbocycles. The molecule has 0 spiro atoms. The molecule has 0 bridgehead atoms. The Kier molecular flexibility index (Phi) is 4.17. The number of aryl methyl sites for hydroxylation is 2. The largest absolute Gasteiger partial charge is 0.320 e. The quantitative estimate of drug-likeness (QED) is 0.847. The number of nitrogens with zero attached hydrogens (tertiary/aromatic N) is 2. The lowest BCUT2D eigenvalue weighted by atomic mass is 10.2. The molecular weight excluding hydrogens is 330 g/mol. The number of hydrogen-bond acceptors (Lipinski definition) is 3. The fraction of sp³-hybridized carbons (Fsp3) is 0.154. The van der Waals surface area contributed by atoms with E-state index < -0.39 is 0 Å². The van der Waals surface area contributed by atoms with Crippen LogP contribution in [0.3, 0.4) is 0 Å². The molecular formula is C13H11BrClN3O. The van der Waals surface area contributed by atoms with E-state index in [-0.39, 0.29) is 5.91 Å². The van der Waals surface area contributed by atoms with Gasteiger partial charge in [-0.2, -0.15) is 0 Å². The van der Waals surface area contributed by atoms with Gasteiger partial charge in [0, 0.05) is 11.9 Å². The Labute approximate surface area is 124 Å². The lowest BCUT2D eigenvalue weighted by Gasteiger charge is -2.07. The second kappa shape index (κ2) is 5.67. The van der Waals surface area contributed by atoms with Crippen LogP contribution in [-0.4, -0.2) is 15.9 Å². The van der Waals surface area contributed by atoms with E-state index in [0.29, 0.717) is 16.3 Å². The van der Waals surface area contributed by atoms with E-state index in [1.165, 1.54) is 6.20 Å². The van der Waals surface area contributed by atoms with E-state index >= 15 is 0 Å². The van der Waals surface area contributed by atoms with Gasteiger partial charge in [-0.05, 0) is 47.5 Å². The lowest BCUT2D eigenvalue weighted by Crippen LogP contribution is -2.13. The highest BCUT2D eigenvalue weighted by atomic mass is 79.9. The maximum atomic E-state index is 12.1. The van der Waals surface area contributed by atoms with Gasteiger partial charge < -0.3 is 5.32 Å². The normalized spacial score (nSPS) is 10.3. The molecule has 0 radical (unpaired) electrons. The van der Waals surface area contributed by atoms with Crippen molar-refractivity contribution >= 4 is 39.1 Å². The van der Waals surface area contributed by atoms with Crippen molar-refractivity contribution in [2.75, 3.05) is 5.32 Å². The summed E-state index contributed by atoms with van der Waals surface area (Å²) in [6.45, 7) is 3.71. The van der Waals surface area contributed by atoms with Crippen LogP contribution in [0.5, 0.6) is 0 Å². The van der Waals surface area contributed by atoms with Gasteiger partial charge >= 0.3 is 0 Å². The minimum Gasteiger partial charge on any atom is -0.320 e. The Morgan fingerprint density at radius 3 is 2.63 bits per heavy atom. The summed E-state index contributed by atoms with van der Waals surface area (Å²) in [5, 5.41) is 3.12. The van der Waals surface area contributed by atoms with Gasteiger partial charge in [0.25, 0.3) is 5.91 Å². The summed E-state index contributed by atoms with van der Waals surface area (Å²) in [5.41, 5.74) is 2.66. The molecule has 19 heavy (non-hydrogen) atoms. The molecule has 0 aliphatic rings. The minimum absolute atomic E-state index is 0.305. The maximum absolute atomic E-state index is 12.1. The molecule has 0 saturated carbocycles. The van der Waals surface area contributed by atoms with Crippen molar-refractivity contribution in [3.05, 3.63) is 51.0 Å². The molecule has 1 N–H and O–H groups in total. The number of carbonyl (C=O) groups is 1. The summed E-state index contributed by atoms with van der Waals surface area (Å²) in [6.07, 6.45) is 3.04. The summed E-state index contributed by atoms with van der Waals surface area (Å²) >= 11 is 9.33. The number of aromatic nitrogens is 2. The van der Waals surface area contributed by atoms with Crippen molar-refractivity contribution in [1.29, 1.82) is 0 Å². The first-order chi connectivity index (χ1) is 8.97. The highest BCUT2D eigenvalue weighted by Gasteiger charge is 2.12. The van der Waals surface area contributed by atoms with Crippen LogP contribution in [0.2, 0.25) is 5.02 Å². The third-order valence-electron chi connectivity index (χ3n) is 2.51. The van der Waals surface area contributed by atoms with E-state index in [1.807, 2.05) is 19.9 Å². The minimum atomic E-state index is -0.305. The summed E-state index contributed by atoms with van der Waals surface area (Å²) in [6, 6.07) is 3.48. The van der Waals surface area contributed by atoms with Crippen LogP contribution in [0.25, 0.3) is 0 Å². The predicted molar refractivity (Wildman–Crippen MR) is 78.6 cm³/mol. The fourth-order valence-electron chi connectivity index (χ4n) is 1.52. The van der Waals surface area contributed by atoms with Crippen LogP contribution in [0.4, 0.5) is 5.69 Å². The van der Waals surface area contributed by atoms with E-state index in [0.717, 1.165) is 15.9 Å². The van der Waals surface area contributed by atoms with Gasteiger partial charge in [-0.25, -0.2) is 4.98 Å². The number of amides is 1. The molecule has 4 nitrogen and oxygen atoms in total. The van der Waals surface area contributed by atoms with E-state index in [4.69, 9.17) is 11.6 Å². The highest BCUT2D eigenvalue weighted by Crippen LogP contribution is 2.20. The van der Waals surface area contributed by atoms with Gasteiger partial charge in [0.1, 0.15) is 4.60 Å². The zero-order chi connectivity index (χ0) is 14.0. The van der Waals surface area contributed by atoms with Crippen LogP contribution in [0.1, 0.15) is 21.6 Å². The second-order valence-electron chi connectivity index (χ2n) is 4.09. The summed E-state index contributed by atoms with van der Waals surface area (Å²) in [4.78, 5) is 20.2. The molecule has 2 aromatic heterocycles. The third kappa shape index (κ3) is 3.30. The van der Waals surface area contributed by atoms with Crippen molar-refractivity contribution in [3.8, 4) is 0 Å². The van der Waals surface area contributed by atoms with Gasteiger partial charge in [-0.15, -0.1) is 0 Å². The predicted octanol–water partition coefficient (Wildman–Crippen LogP) is 3.76. The second-order valence-corrected chi connectivity index (χ2v) is 5.25. The fourth-order valence-corrected chi connectivity index (χ4v) is 2.03.